The molecule has 0 spiro atoms. The smallest absolute Gasteiger partial charge is 0.258 e. The first-order valence-electron chi connectivity index (χ1n) is 8.14. The van der Waals surface area contributed by atoms with Crippen molar-refractivity contribution in [2.75, 3.05) is 0 Å². The van der Waals surface area contributed by atoms with Crippen LogP contribution in [0.5, 0.6) is 5.75 Å². The van der Waals surface area contributed by atoms with Crippen LogP contribution in [0.3, 0.4) is 0 Å². The molecule has 4 rings (SSSR count). The number of aryl methyl sites for hydroxylation is 2. The molecule has 0 radical (unpaired) electrons. The van der Waals surface area contributed by atoms with Crippen molar-refractivity contribution >= 4 is 23.2 Å². The van der Waals surface area contributed by atoms with Crippen molar-refractivity contribution in [1.82, 2.24) is 19.5 Å². The van der Waals surface area contributed by atoms with E-state index < -0.39 is 0 Å². The van der Waals surface area contributed by atoms with E-state index in [9.17, 15) is 9.90 Å². The van der Waals surface area contributed by atoms with E-state index in [1.54, 1.807) is 27.6 Å². The number of aromatic nitrogens is 3. The minimum Gasteiger partial charge on any atom is -0.507 e. The number of benzene rings is 1. The quantitative estimate of drug-likeness (QED) is 0.765. The summed E-state index contributed by atoms with van der Waals surface area (Å²) in [5.74, 6) is -0.226. The second-order valence-corrected chi connectivity index (χ2v) is 6.53. The third-order valence-corrected chi connectivity index (χ3v) is 5.11. The molecule has 1 aliphatic heterocycles. The van der Waals surface area contributed by atoms with Gasteiger partial charge in [-0.2, -0.15) is 5.10 Å². The van der Waals surface area contributed by atoms with E-state index >= 15 is 0 Å². The summed E-state index contributed by atoms with van der Waals surface area (Å²) in [5.41, 5.74) is 4.51. The van der Waals surface area contributed by atoms with E-state index in [0.717, 1.165) is 34.7 Å². The molecule has 6 nitrogen and oxygen atoms in total. The monoisotopic (exact) mass is 356 g/mol. The molecule has 1 aromatic carbocycles. The van der Waals surface area contributed by atoms with Crippen molar-refractivity contribution in [3.63, 3.8) is 0 Å². The van der Waals surface area contributed by atoms with E-state index in [2.05, 4.69) is 10.1 Å². The number of halogens is 1. The van der Waals surface area contributed by atoms with Gasteiger partial charge < -0.3 is 10.0 Å². The topological polar surface area (TPSA) is 70.7 Å². The van der Waals surface area contributed by atoms with Gasteiger partial charge in [-0.3, -0.25) is 4.79 Å². The molecule has 0 saturated heterocycles. The Morgan fingerprint density at radius 3 is 2.80 bits per heavy atom. The van der Waals surface area contributed by atoms with Crippen LogP contribution in [0.4, 0.5) is 0 Å². The maximum absolute atomic E-state index is 12.7. The highest BCUT2D eigenvalue weighted by atomic mass is 35.5. The fourth-order valence-electron chi connectivity index (χ4n) is 3.23. The van der Waals surface area contributed by atoms with Gasteiger partial charge in [0, 0.05) is 5.56 Å². The van der Waals surface area contributed by atoms with Crippen molar-refractivity contribution < 1.29 is 9.90 Å². The van der Waals surface area contributed by atoms with Gasteiger partial charge in [0.15, 0.2) is 5.65 Å². The SMILES string of the molecule is CCc1nc2c3c(nn2c(C)c1Cl)CN(C(=O)c1ccccc1O)C3. The largest absolute Gasteiger partial charge is 0.507 e. The highest BCUT2D eigenvalue weighted by Gasteiger charge is 2.31. The highest BCUT2D eigenvalue weighted by molar-refractivity contribution is 6.31. The Balaban J connectivity index is 1.73. The van der Waals surface area contributed by atoms with E-state index in [1.807, 2.05) is 13.8 Å². The summed E-state index contributed by atoms with van der Waals surface area (Å²) >= 11 is 6.36. The molecule has 3 aromatic rings. The van der Waals surface area contributed by atoms with Gasteiger partial charge >= 0.3 is 0 Å². The van der Waals surface area contributed by atoms with Crippen LogP contribution in [0.2, 0.25) is 5.02 Å². The minimum absolute atomic E-state index is 0.0136. The van der Waals surface area contributed by atoms with Crippen LogP contribution in [-0.2, 0) is 19.5 Å². The van der Waals surface area contributed by atoms with E-state index in [4.69, 9.17) is 11.6 Å². The molecule has 1 amide bonds. The van der Waals surface area contributed by atoms with Gasteiger partial charge in [-0.15, -0.1) is 0 Å². The Bertz CT molecular complexity index is 1010. The molecule has 3 heterocycles. The highest BCUT2D eigenvalue weighted by Crippen LogP contribution is 2.31. The first kappa shape index (κ1) is 15.9. The Kier molecular flexibility index (Phi) is 3.65. The van der Waals surface area contributed by atoms with Gasteiger partial charge in [-0.25, -0.2) is 9.50 Å². The van der Waals surface area contributed by atoms with Gasteiger partial charge in [0.25, 0.3) is 5.91 Å². The lowest BCUT2D eigenvalue weighted by molar-refractivity contribution is 0.0746. The van der Waals surface area contributed by atoms with Crippen LogP contribution < -0.4 is 0 Å². The summed E-state index contributed by atoms with van der Waals surface area (Å²) < 4.78 is 1.76. The molecule has 0 aliphatic carbocycles. The summed E-state index contributed by atoms with van der Waals surface area (Å²) in [7, 11) is 0. The Hall–Kier alpha value is -2.60. The molecule has 0 bridgehead atoms. The number of para-hydroxylation sites is 1. The van der Waals surface area contributed by atoms with E-state index in [1.165, 1.54) is 6.07 Å². The van der Waals surface area contributed by atoms with Crippen LogP contribution in [0.15, 0.2) is 24.3 Å². The zero-order valence-corrected chi connectivity index (χ0v) is 14.7. The third-order valence-electron chi connectivity index (χ3n) is 4.62. The van der Waals surface area contributed by atoms with Crippen LogP contribution >= 0.6 is 11.6 Å². The zero-order chi connectivity index (χ0) is 17.7. The number of phenols is 1. The number of carbonyl (C=O) groups excluding carboxylic acids is 1. The molecule has 0 fully saturated rings. The summed E-state index contributed by atoms with van der Waals surface area (Å²) in [6.07, 6.45) is 0.733. The Morgan fingerprint density at radius 1 is 1.32 bits per heavy atom. The maximum atomic E-state index is 12.7. The molecule has 0 unspecified atom stereocenters. The summed E-state index contributed by atoms with van der Waals surface area (Å²) in [6.45, 7) is 4.74. The second kappa shape index (κ2) is 5.74. The summed E-state index contributed by atoms with van der Waals surface area (Å²) in [4.78, 5) is 19.0. The fourth-order valence-corrected chi connectivity index (χ4v) is 3.49. The second-order valence-electron chi connectivity index (χ2n) is 6.15. The van der Waals surface area contributed by atoms with Crippen molar-refractivity contribution in [2.24, 2.45) is 0 Å². The normalized spacial score (nSPS) is 13.5. The number of hydrogen-bond donors (Lipinski definition) is 1. The number of amides is 1. The third kappa shape index (κ3) is 2.36. The molecule has 0 atom stereocenters. The van der Waals surface area contributed by atoms with E-state index in [0.29, 0.717) is 23.7 Å². The van der Waals surface area contributed by atoms with Gasteiger partial charge in [-0.1, -0.05) is 30.7 Å². The molecule has 1 N–H and O–H groups in total. The lowest BCUT2D eigenvalue weighted by Gasteiger charge is -2.16. The molecule has 7 heteroatoms. The lowest BCUT2D eigenvalue weighted by atomic mass is 10.2. The first-order valence-corrected chi connectivity index (χ1v) is 8.51. The first-order chi connectivity index (χ1) is 12.0. The van der Waals surface area contributed by atoms with Crippen LogP contribution in [0, 0.1) is 6.92 Å². The fraction of sp³-hybridized carbons (Fsp3) is 0.278. The maximum Gasteiger partial charge on any atom is 0.258 e. The van der Waals surface area contributed by atoms with Crippen LogP contribution in [-0.4, -0.2) is 30.5 Å². The van der Waals surface area contributed by atoms with Crippen molar-refractivity contribution in [2.45, 2.75) is 33.4 Å². The number of hydrogen-bond acceptors (Lipinski definition) is 4. The minimum atomic E-state index is -0.212. The zero-order valence-electron chi connectivity index (χ0n) is 14.0. The lowest BCUT2D eigenvalue weighted by Crippen LogP contribution is -2.26. The predicted octanol–water partition coefficient (Wildman–Crippen LogP) is 3.12. The van der Waals surface area contributed by atoms with E-state index in [-0.39, 0.29) is 11.7 Å². The van der Waals surface area contributed by atoms with Crippen molar-refractivity contribution in [3.8, 4) is 5.75 Å². The molecule has 0 saturated carbocycles. The van der Waals surface area contributed by atoms with Gasteiger partial charge in [-0.05, 0) is 25.5 Å². The average Bonchev–Trinajstić information content (AvgIpc) is 3.16. The number of rotatable bonds is 2. The van der Waals surface area contributed by atoms with Crippen LogP contribution in [0.1, 0.15) is 39.9 Å². The number of nitrogens with zero attached hydrogens (tertiary/aromatic N) is 4. The Labute approximate surface area is 149 Å². The van der Waals surface area contributed by atoms with Crippen LogP contribution in [0.25, 0.3) is 5.65 Å². The van der Waals surface area contributed by atoms with Gasteiger partial charge in [0.1, 0.15) is 5.75 Å². The summed E-state index contributed by atoms with van der Waals surface area (Å²) in [5, 5.41) is 15.2. The standard InChI is InChI=1S/C18H17ClN4O2/c1-3-13-16(19)10(2)23-17(20-13)12-8-22(9-14(12)21-23)18(25)11-6-4-5-7-15(11)24/h4-7,24H,3,8-9H2,1-2H3. The average molecular weight is 357 g/mol. The summed E-state index contributed by atoms with van der Waals surface area (Å²) in [6, 6.07) is 6.57. The molecule has 1 aliphatic rings. The number of aromatic hydroxyl groups is 1. The molecule has 25 heavy (non-hydrogen) atoms. The number of phenolic OH excluding ortho intramolecular Hbond substituents is 1. The van der Waals surface area contributed by atoms with Crippen molar-refractivity contribution in [3.05, 3.63) is 57.5 Å². The molecular formula is C18H17ClN4O2. The molecule has 128 valence electrons. The molecule has 2 aromatic heterocycles. The Morgan fingerprint density at radius 2 is 2.08 bits per heavy atom. The van der Waals surface area contributed by atoms with Crippen molar-refractivity contribution in [1.29, 1.82) is 0 Å². The molecular weight excluding hydrogens is 340 g/mol. The van der Waals surface area contributed by atoms with Gasteiger partial charge in [0.2, 0.25) is 0 Å². The number of fused-ring (bicyclic) bond motifs is 3. The number of carbonyl (C=O) groups is 1. The predicted molar refractivity (Wildman–Crippen MR) is 93.8 cm³/mol. The van der Waals surface area contributed by atoms with Gasteiger partial charge in [0.05, 0.1) is 40.8 Å².